The lowest BCUT2D eigenvalue weighted by molar-refractivity contribution is 0.0676. The quantitative estimate of drug-likeness (QED) is 0.854. The molecule has 1 N–H and O–H groups in total. The fraction of sp³-hybridized carbons (Fsp3) is 0.250. The van der Waals surface area contributed by atoms with E-state index in [9.17, 15) is 13.6 Å². The van der Waals surface area contributed by atoms with Gasteiger partial charge in [0, 0.05) is 9.77 Å². The molecule has 6 heteroatoms. The van der Waals surface area contributed by atoms with Crippen LogP contribution < -0.4 is 0 Å². The molecule has 0 aliphatic carbocycles. The van der Waals surface area contributed by atoms with Crippen LogP contribution in [0, 0.1) is 10.5 Å². The van der Waals surface area contributed by atoms with Crippen molar-refractivity contribution in [2.75, 3.05) is 0 Å². The molecule has 1 heterocycles. The highest BCUT2D eigenvalue weighted by Crippen LogP contribution is 2.28. The van der Waals surface area contributed by atoms with Crippen LogP contribution in [-0.4, -0.2) is 16.1 Å². The molecule has 0 spiro atoms. The molecule has 3 nitrogen and oxygen atoms in total. The Balaban J connectivity index is 3.45. The van der Waals surface area contributed by atoms with Crippen LogP contribution in [0.15, 0.2) is 6.20 Å². The number of aromatic carboxylic acids is 1. The van der Waals surface area contributed by atoms with Gasteiger partial charge in [-0.25, -0.2) is 18.6 Å². The van der Waals surface area contributed by atoms with E-state index in [1.807, 2.05) is 0 Å². The van der Waals surface area contributed by atoms with Crippen LogP contribution in [-0.2, 0) is 0 Å². The first kappa shape index (κ1) is 11.3. The summed E-state index contributed by atoms with van der Waals surface area (Å²) in [5.41, 5.74) is -0.529. The average molecular weight is 313 g/mol. The van der Waals surface area contributed by atoms with Gasteiger partial charge in [0.05, 0.1) is 5.56 Å². The van der Waals surface area contributed by atoms with E-state index in [0.717, 1.165) is 0 Å². The lowest BCUT2D eigenvalue weighted by Gasteiger charge is -2.08. The van der Waals surface area contributed by atoms with Crippen LogP contribution in [0.2, 0.25) is 0 Å². The molecule has 1 aromatic heterocycles. The van der Waals surface area contributed by atoms with Crippen LogP contribution >= 0.6 is 22.6 Å². The van der Waals surface area contributed by atoms with Crippen molar-refractivity contribution in [1.29, 1.82) is 0 Å². The van der Waals surface area contributed by atoms with E-state index in [0.29, 0.717) is 5.56 Å². The Morgan fingerprint density at radius 1 is 1.64 bits per heavy atom. The summed E-state index contributed by atoms with van der Waals surface area (Å²) in [4.78, 5) is 14.1. The minimum absolute atomic E-state index is 0.255. The number of pyridine rings is 1. The number of nitrogens with zero attached hydrogens (tertiary/aromatic N) is 1. The molecule has 0 fully saturated rings. The van der Waals surface area contributed by atoms with Gasteiger partial charge in [-0.3, -0.25) is 0 Å². The Morgan fingerprint density at radius 3 is 2.64 bits per heavy atom. The monoisotopic (exact) mass is 313 g/mol. The standard InChI is InChI=1S/C8H6F2INO2/c1-3-2-12-6(8(13)14)4(5(3)11)7(9)10/h2,7H,1H3,(H,13,14). The van der Waals surface area contributed by atoms with Gasteiger partial charge in [0.25, 0.3) is 6.43 Å². The predicted molar refractivity (Wildman–Crippen MR) is 53.6 cm³/mol. The van der Waals surface area contributed by atoms with Gasteiger partial charge in [-0.2, -0.15) is 0 Å². The van der Waals surface area contributed by atoms with Gasteiger partial charge in [0.15, 0.2) is 5.69 Å². The lowest BCUT2D eigenvalue weighted by Crippen LogP contribution is -2.09. The second kappa shape index (κ2) is 4.16. The van der Waals surface area contributed by atoms with E-state index in [2.05, 4.69) is 4.98 Å². The summed E-state index contributed by atoms with van der Waals surface area (Å²) in [6.07, 6.45) is -1.54. The Labute approximate surface area is 92.3 Å². The molecule has 0 atom stereocenters. The molecule has 0 aliphatic rings. The Bertz CT molecular complexity index is 382. The molecule has 0 aliphatic heterocycles. The van der Waals surface area contributed by atoms with Crippen molar-refractivity contribution in [2.24, 2.45) is 0 Å². The number of aryl methyl sites for hydroxylation is 1. The zero-order valence-electron chi connectivity index (χ0n) is 7.09. The third kappa shape index (κ3) is 1.99. The molecule has 0 unspecified atom stereocenters. The predicted octanol–water partition coefficient (Wildman–Crippen LogP) is 2.63. The highest BCUT2D eigenvalue weighted by Gasteiger charge is 2.23. The number of rotatable bonds is 2. The van der Waals surface area contributed by atoms with Crippen molar-refractivity contribution < 1.29 is 18.7 Å². The molecule has 0 radical (unpaired) electrons. The largest absolute Gasteiger partial charge is 0.476 e. The molecular weight excluding hydrogens is 307 g/mol. The minimum Gasteiger partial charge on any atom is -0.476 e. The summed E-state index contributed by atoms with van der Waals surface area (Å²) in [7, 11) is 0. The molecule has 0 amide bonds. The summed E-state index contributed by atoms with van der Waals surface area (Å²) in [6.45, 7) is 1.60. The van der Waals surface area contributed by atoms with Crippen molar-refractivity contribution in [3.63, 3.8) is 0 Å². The third-order valence-electron chi connectivity index (χ3n) is 1.65. The molecule has 0 aromatic carbocycles. The second-order valence-electron chi connectivity index (χ2n) is 2.62. The van der Waals surface area contributed by atoms with E-state index in [4.69, 9.17) is 5.11 Å². The minimum atomic E-state index is -2.82. The number of hydrogen-bond acceptors (Lipinski definition) is 2. The summed E-state index contributed by atoms with van der Waals surface area (Å²) in [5.74, 6) is -1.43. The Hall–Kier alpha value is -0.790. The van der Waals surface area contributed by atoms with Crippen molar-refractivity contribution >= 4 is 28.6 Å². The van der Waals surface area contributed by atoms with Gasteiger partial charge in [0.2, 0.25) is 0 Å². The number of hydrogen-bond donors (Lipinski definition) is 1. The average Bonchev–Trinajstić information content (AvgIpc) is 2.08. The molecule has 76 valence electrons. The maximum Gasteiger partial charge on any atom is 0.355 e. The zero-order chi connectivity index (χ0) is 10.9. The van der Waals surface area contributed by atoms with Gasteiger partial charge in [-0.15, -0.1) is 0 Å². The number of carboxylic acids is 1. The van der Waals surface area contributed by atoms with Crippen LogP contribution in [0.4, 0.5) is 8.78 Å². The number of aromatic nitrogens is 1. The van der Waals surface area contributed by atoms with Crippen LogP contribution in [0.3, 0.4) is 0 Å². The fourth-order valence-corrected chi connectivity index (χ4v) is 1.60. The van der Waals surface area contributed by atoms with E-state index < -0.39 is 23.7 Å². The van der Waals surface area contributed by atoms with Crippen molar-refractivity contribution in [3.8, 4) is 0 Å². The van der Waals surface area contributed by atoms with E-state index in [1.54, 1.807) is 29.5 Å². The fourth-order valence-electron chi connectivity index (χ4n) is 0.974. The maximum atomic E-state index is 12.5. The topological polar surface area (TPSA) is 50.2 Å². The molecule has 0 saturated carbocycles. The van der Waals surface area contributed by atoms with Gasteiger partial charge < -0.3 is 5.11 Å². The van der Waals surface area contributed by atoms with Crippen molar-refractivity contribution in [2.45, 2.75) is 13.3 Å². The van der Waals surface area contributed by atoms with E-state index >= 15 is 0 Å². The second-order valence-corrected chi connectivity index (χ2v) is 3.70. The Morgan fingerprint density at radius 2 is 2.21 bits per heavy atom. The molecule has 14 heavy (non-hydrogen) atoms. The summed E-state index contributed by atoms with van der Waals surface area (Å²) < 4.78 is 25.3. The highest BCUT2D eigenvalue weighted by atomic mass is 127. The number of halogens is 3. The van der Waals surface area contributed by atoms with Crippen LogP contribution in [0.1, 0.15) is 28.0 Å². The van der Waals surface area contributed by atoms with Gasteiger partial charge in [0.1, 0.15) is 0 Å². The van der Waals surface area contributed by atoms with Crippen LogP contribution in [0.25, 0.3) is 0 Å². The lowest BCUT2D eigenvalue weighted by atomic mass is 10.1. The number of carbonyl (C=O) groups is 1. The van der Waals surface area contributed by atoms with E-state index in [1.165, 1.54) is 6.20 Å². The SMILES string of the molecule is Cc1cnc(C(=O)O)c(C(F)F)c1I. The Kier molecular flexibility index (Phi) is 3.35. The molecule has 1 aromatic rings. The normalized spacial score (nSPS) is 10.6. The van der Waals surface area contributed by atoms with Crippen molar-refractivity contribution in [3.05, 3.63) is 26.6 Å². The first-order valence-corrected chi connectivity index (χ1v) is 4.69. The summed E-state index contributed by atoms with van der Waals surface area (Å²) in [5, 5.41) is 8.63. The zero-order valence-corrected chi connectivity index (χ0v) is 9.25. The summed E-state index contributed by atoms with van der Waals surface area (Å²) >= 11 is 1.70. The molecule has 1 rings (SSSR count). The van der Waals surface area contributed by atoms with Gasteiger partial charge >= 0.3 is 5.97 Å². The van der Waals surface area contributed by atoms with E-state index in [-0.39, 0.29) is 3.57 Å². The smallest absolute Gasteiger partial charge is 0.355 e. The van der Waals surface area contributed by atoms with Gasteiger partial charge in [-0.05, 0) is 35.1 Å². The van der Waals surface area contributed by atoms with Crippen LogP contribution in [0.5, 0.6) is 0 Å². The first-order chi connectivity index (χ1) is 6.45. The van der Waals surface area contributed by atoms with Crippen molar-refractivity contribution in [1.82, 2.24) is 4.98 Å². The maximum absolute atomic E-state index is 12.5. The molecular formula is C8H6F2INO2. The first-order valence-electron chi connectivity index (χ1n) is 3.61. The number of alkyl halides is 2. The van der Waals surface area contributed by atoms with Gasteiger partial charge in [-0.1, -0.05) is 0 Å². The third-order valence-corrected chi connectivity index (χ3v) is 3.08. The summed E-state index contributed by atoms with van der Waals surface area (Å²) in [6, 6.07) is 0. The molecule has 0 bridgehead atoms. The molecule has 0 saturated heterocycles. The number of carboxylic acid groups (broad SMARTS) is 1. The highest BCUT2D eigenvalue weighted by molar-refractivity contribution is 14.1.